The van der Waals surface area contributed by atoms with E-state index < -0.39 is 4.92 Å². The summed E-state index contributed by atoms with van der Waals surface area (Å²) < 4.78 is 0. The lowest BCUT2D eigenvalue weighted by Gasteiger charge is -2.05. The predicted molar refractivity (Wildman–Crippen MR) is 149 cm³/mol. The Kier molecular flexibility index (Phi) is 20.0. The number of nitro groups is 1. The molecular weight excluding hydrogens is 436 g/mol. The lowest BCUT2D eigenvalue weighted by Crippen LogP contribution is -2.10. The highest BCUT2D eigenvalue weighted by atomic mass is 16.6. The van der Waals surface area contributed by atoms with E-state index in [1.54, 1.807) is 12.1 Å². The molecular formula is C30H52N2O3. The van der Waals surface area contributed by atoms with Crippen molar-refractivity contribution in [1.29, 1.82) is 0 Å². The topological polar surface area (TPSA) is 72.2 Å². The second-order valence-electron chi connectivity index (χ2n) is 10.2. The molecule has 35 heavy (non-hydrogen) atoms. The first-order valence-corrected chi connectivity index (χ1v) is 14.7. The van der Waals surface area contributed by atoms with Crippen LogP contribution in [-0.4, -0.2) is 10.8 Å². The Labute approximate surface area is 215 Å². The first-order valence-electron chi connectivity index (χ1n) is 14.7. The summed E-state index contributed by atoms with van der Waals surface area (Å²) in [6.07, 6.45) is 28.9. The van der Waals surface area contributed by atoms with Gasteiger partial charge in [0.05, 0.1) is 4.92 Å². The molecule has 0 heterocycles. The maximum absolute atomic E-state index is 12.0. The summed E-state index contributed by atoms with van der Waals surface area (Å²) in [5.74, 6) is -0.0170. The van der Waals surface area contributed by atoms with Crippen LogP contribution >= 0.6 is 0 Å². The Morgan fingerprint density at radius 1 is 0.629 bits per heavy atom. The van der Waals surface area contributed by atoms with Crippen LogP contribution in [0.5, 0.6) is 0 Å². The number of unbranched alkanes of at least 4 members (excludes halogenated alkanes) is 20. The number of carbonyl (C=O) groups excluding carboxylic acids is 1. The minimum absolute atomic E-state index is 0.0170. The maximum atomic E-state index is 12.0. The Morgan fingerprint density at radius 3 is 1.31 bits per heavy atom. The third kappa shape index (κ3) is 19.0. The van der Waals surface area contributed by atoms with Gasteiger partial charge in [-0.2, -0.15) is 0 Å². The van der Waals surface area contributed by atoms with Gasteiger partial charge in [0.25, 0.3) is 5.69 Å². The highest BCUT2D eigenvalue weighted by Crippen LogP contribution is 2.17. The van der Waals surface area contributed by atoms with Crippen molar-refractivity contribution in [2.45, 2.75) is 148 Å². The van der Waals surface area contributed by atoms with E-state index >= 15 is 0 Å². The highest BCUT2D eigenvalue weighted by Gasteiger charge is 2.06. The van der Waals surface area contributed by atoms with Gasteiger partial charge >= 0.3 is 0 Å². The molecule has 0 atom stereocenters. The number of rotatable bonds is 24. The van der Waals surface area contributed by atoms with Crippen molar-refractivity contribution in [2.75, 3.05) is 5.32 Å². The minimum Gasteiger partial charge on any atom is -0.326 e. The second-order valence-corrected chi connectivity index (χ2v) is 10.2. The van der Waals surface area contributed by atoms with Crippen LogP contribution in [0.3, 0.4) is 0 Å². The molecule has 0 aliphatic rings. The summed E-state index contributed by atoms with van der Waals surface area (Å²) >= 11 is 0. The summed E-state index contributed by atoms with van der Waals surface area (Å²) in [4.78, 5) is 22.2. The maximum Gasteiger partial charge on any atom is 0.269 e. The number of benzene rings is 1. The monoisotopic (exact) mass is 488 g/mol. The van der Waals surface area contributed by atoms with Crippen LogP contribution in [0.4, 0.5) is 11.4 Å². The Balaban J connectivity index is 1.78. The van der Waals surface area contributed by atoms with E-state index in [1.807, 2.05) is 0 Å². The average Bonchev–Trinajstić information content (AvgIpc) is 2.85. The molecule has 0 aliphatic carbocycles. The number of amides is 1. The normalized spacial score (nSPS) is 11.0. The van der Waals surface area contributed by atoms with E-state index in [2.05, 4.69) is 12.2 Å². The zero-order chi connectivity index (χ0) is 25.4. The third-order valence-corrected chi connectivity index (χ3v) is 6.87. The molecule has 0 spiro atoms. The molecule has 0 saturated carbocycles. The molecule has 0 radical (unpaired) electrons. The van der Waals surface area contributed by atoms with Gasteiger partial charge in [-0.25, -0.2) is 0 Å². The largest absolute Gasteiger partial charge is 0.326 e. The van der Waals surface area contributed by atoms with E-state index in [-0.39, 0.29) is 11.6 Å². The van der Waals surface area contributed by atoms with Crippen LogP contribution in [-0.2, 0) is 4.79 Å². The molecule has 1 amide bonds. The summed E-state index contributed by atoms with van der Waals surface area (Å²) in [5, 5.41) is 13.5. The molecule has 0 saturated heterocycles. The van der Waals surface area contributed by atoms with Crippen LogP contribution < -0.4 is 5.32 Å². The zero-order valence-electron chi connectivity index (χ0n) is 22.5. The van der Waals surface area contributed by atoms with Gasteiger partial charge in [-0.05, 0) is 18.6 Å². The van der Waals surface area contributed by atoms with Crippen molar-refractivity contribution in [2.24, 2.45) is 0 Å². The van der Waals surface area contributed by atoms with Gasteiger partial charge in [0.15, 0.2) is 0 Å². The molecule has 1 N–H and O–H groups in total. The quantitative estimate of drug-likeness (QED) is 0.0893. The van der Waals surface area contributed by atoms with Crippen molar-refractivity contribution in [3.05, 3.63) is 34.4 Å². The Bertz CT molecular complexity index is 646. The van der Waals surface area contributed by atoms with Gasteiger partial charge in [-0.1, -0.05) is 135 Å². The van der Waals surface area contributed by atoms with E-state index in [9.17, 15) is 14.9 Å². The number of non-ortho nitro benzene ring substituents is 1. The van der Waals surface area contributed by atoms with Crippen molar-refractivity contribution in [1.82, 2.24) is 0 Å². The van der Waals surface area contributed by atoms with Crippen LogP contribution in [0.15, 0.2) is 24.3 Å². The smallest absolute Gasteiger partial charge is 0.269 e. The highest BCUT2D eigenvalue weighted by molar-refractivity contribution is 5.90. The number of hydrogen-bond acceptors (Lipinski definition) is 3. The molecule has 1 aromatic carbocycles. The molecule has 0 aromatic heterocycles. The number of anilines is 1. The Hall–Kier alpha value is -1.91. The zero-order valence-corrected chi connectivity index (χ0v) is 22.5. The molecule has 1 aromatic rings. The van der Waals surface area contributed by atoms with E-state index in [0.717, 1.165) is 12.8 Å². The molecule has 0 fully saturated rings. The van der Waals surface area contributed by atoms with Gasteiger partial charge in [-0.3, -0.25) is 14.9 Å². The second kappa shape index (κ2) is 22.5. The summed E-state index contributed by atoms with van der Waals surface area (Å²) in [5.41, 5.74) is 0.649. The van der Waals surface area contributed by atoms with Crippen LogP contribution in [0, 0.1) is 10.1 Å². The summed E-state index contributed by atoms with van der Waals surface area (Å²) in [6.45, 7) is 2.28. The van der Waals surface area contributed by atoms with E-state index in [4.69, 9.17) is 0 Å². The van der Waals surface area contributed by atoms with Crippen molar-refractivity contribution >= 4 is 17.3 Å². The molecule has 200 valence electrons. The lowest BCUT2D eigenvalue weighted by atomic mass is 10.0. The van der Waals surface area contributed by atoms with Gasteiger partial charge < -0.3 is 5.32 Å². The first kappa shape index (κ1) is 31.1. The lowest BCUT2D eigenvalue weighted by molar-refractivity contribution is -0.384. The number of carbonyl (C=O) groups is 1. The van der Waals surface area contributed by atoms with E-state index in [0.29, 0.717) is 12.1 Å². The van der Waals surface area contributed by atoms with Crippen LogP contribution in [0.25, 0.3) is 0 Å². The van der Waals surface area contributed by atoms with Crippen LogP contribution in [0.2, 0.25) is 0 Å². The molecule has 1 rings (SSSR count). The van der Waals surface area contributed by atoms with Crippen LogP contribution in [0.1, 0.15) is 148 Å². The van der Waals surface area contributed by atoms with E-state index in [1.165, 1.54) is 134 Å². The average molecular weight is 489 g/mol. The van der Waals surface area contributed by atoms with Crippen molar-refractivity contribution in [3.8, 4) is 0 Å². The van der Waals surface area contributed by atoms with Crippen molar-refractivity contribution < 1.29 is 9.72 Å². The van der Waals surface area contributed by atoms with Gasteiger partial charge in [0, 0.05) is 24.2 Å². The predicted octanol–water partition coefficient (Wildman–Crippen LogP) is 10.1. The number of nitrogens with zero attached hydrogens (tertiary/aromatic N) is 1. The fraction of sp³-hybridized carbons (Fsp3) is 0.767. The SMILES string of the molecule is CCCCCCCCCCCCCCCCCCCCCCCC(=O)Nc1ccc([N+](=O)[O-])cc1. The number of hydrogen-bond donors (Lipinski definition) is 1. The molecule has 0 unspecified atom stereocenters. The van der Waals surface area contributed by atoms with Gasteiger partial charge in [-0.15, -0.1) is 0 Å². The Morgan fingerprint density at radius 2 is 0.971 bits per heavy atom. The minimum atomic E-state index is -0.439. The number of nitro benzene ring substituents is 1. The number of nitrogens with one attached hydrogen (secondary N) is 1. The first-order chi connectivity index (χ1) is 17.1. The molecule has 0 bridgehead atoms. The van der Waals surface area contributed by atoms with Gasteiger partial charge in [0.1, 0.15) is 0 Å². The standard InChI is InChI=1S/C30H52N2O3/c1-2-3-4-5-6-7-8-9-10-11-12-13-14-15-16-17-18-19-20-21-22-23-30(33)31-28-24-26-29(27-25-28)32(34)35/h24-27H,2-23H2,1H3,(H,31,33). The molecule has 0 aliphatic heterocycles. The summed E-state index contributed by atoms with van der Waals surface area (Å²) in [7, 11) is 0. The summed E-state index contributed by atoms with van der Waals surface area (Å²) in [6, 6.07) is 5.98. The van der Waals surface area contributed by atoms with Crippen molar-refractivity contribution in [3.63, 3.8) is 0 Å². The fourth-order valence-electron chi connectivity index (χ4n) is 4.61. The fourth-order valence-corrected chi connectivity index (χ4v) is 4.61. The molecule has 5 nitrogen and oxygen atoms in total. The third-order valence-electron chi connectivity index (χ3n) is 6.87. The molecule has 5 heteroatoms. The van der Waals surface area contributed by atoms with Gasteiger partial charge in [0.2, 0.25) is 5.91 Å².